The van der Waals surface area contributed by atoms with Crippen molar-refractivity contribution < 1.29 is 19.5 Å². The molecular formula is C14H22N2O4. The van der Waals surface area contributed by atoms with Crippen LogP contribution >= 0.6 is 0 Å². The number of aliphatic carboxylic acids is 1. The molecule has 2 aliphatic rings. The van der Waals surface area contributed by atoms with Gasteiger partial charge in [-0.3, -0.25) is 9.59 Å². The highest BCUT2D eigenvalue weighted by molar-refractivity contribution is 5.85. The molecule has 0 aromatic heterocycles. The third kappa shape index (κ3) is 3.11. The van der Waals surface area contributed by atoms with E-state index in [1.165, 1.54) is 6.92 Å². The van der Waals surface area contributed by atoms with Gasteiger partial charge in [-0.25, -0.2) is 4.79 Å². The van der Waals surface area contributed by atoms with Gasteiger partial charge in [-0.15, -0.1) is 0 Å². The predicted octanol–water partition coefficient (Wildman–Crippen LogP) is 0.711. The van der Waals surface area contributed by atoms with Gasteiger partial charge >= 0.3 is 5.97 Å². The summed E-state index contributed by atoms with van der Waals surface area (Å²) in [5.41, 5.74) is 0. The molecule has 2 aliphatic heterocycles. The van der Waals surface area contributed by atoms with Crippen LogP contribution in [-0.2, 0) is 14.4 Å². The van der Waals surface area contributed by atoms with Gasteiger partial charge in [-0.2, -0.15) is 0 Å². The van der Waals surface area contributed by atoms with E-state index in [2.05, 4.69) is 0 Å². The fourth-order valence-corrected chi connectivity index (χ4v) is 3.13. The number of likely N-dealkylation sites (tertiary alicyclic amines) is 2. The number of carboxylic acids is 1. The standard InChI is InChI=1S/C14H22N2O4/c1-10(17)15-8-5-11(6-9-15)13(18)16-7-3-2-4-12(16)14(19)20/h11-12H,2-9H2,1H3,(H,19,20). The van der Waals surface area contributed by atoms with Crippen molar-refractivity contribution in [1.82, 2.24) is 9.80 Å². The molecule has 1 N–H and O–H groups in total. The summed E-state index contributed by atoms with van der Waals surface area (Å²) in [6, 6.07) is -0.665. The molecular weight excluding hydrogens is 260 g/mol. The minimum absolute atomic E-state index is 0.0392. The van der Waals surface area contributed by atoms with Gasteiger partial charge in [0.25, 0.3) is 0 Å². The first-order valence-corrected chi connectivity index (χ1v) is 7.29. The number of rotatable bonds is 2. The number of carboxylic acid groups (broad SMARTS) is 1. The van der Waals surface area contributed by atoms with Crippen molar-refractivity contribution in [2.45, 2.75) is 45.1 Å². The van der Waals surface area contributed by atoms with Crippen molar-refractivity contribution in [3.8, 4) is 0 Å². The predicted molar refractivity (Wildman–Crippen MR) is 72.0 cm³/mol. The molecule has 1 unspecified atom stereocenters. The van der Waals surface area contributed by atoms with E-state index in [9.17, 15) is 19.5 Å². The van der Waals surface area contributed by atoms with Crippen molar-refractivity contribution in [2.24, 2.45) is 5.92 Å². The first-order chi connectivity index (χ1) is 9.50. The molecule has 1 atom stereocenters. The van der Waals surface area contributed by atoms with Crippen LogP contribution in [0.5, 0.6) is 0 Å². The molecule has 0 bridgehead atoms. The minimum atomic E-state index is -0.903. The topological polar surface area (TPSA) is 77.9 Å². The van der Waals surface area contributed by atoms with Crippen LogP contribution in [0.2, 0.25) is 0 Å². The zero-order valence-corrected chi connectivity index (χ0v) is 11.9. The quantitative estimate of drug-likeness (QED) is 0.809. The van der Waals surface area contributed by atoms with Gasteiger partial charge in [0.1, 0.15) is 6.04 Å². The Morgan fingerprint density at radius 3 is 2.20 bits per heavy atom. The SMILES string of the molecule is CC(=O)N1CCC(C(=O)N2CCCCC2C(=O)O)CC1. The van der Waals surface area contributed by atoms with Crippen LogP contribution in [0.4, 0.5) is 0 Å². The molecule has 0 aromatic rings. The number of carbonyl (C=O) groups is 3. The van der Waals surface area contributed by atoms with Crippen LogP contribution in [0.3, 0.4) is 0 Å². The lowest BCUT2D eigenvalue weighted by Gasteiger charge is -2.38. The number of hydrogen-bond donors (Lipinski definition) is 1. The van der Waals surface area contributed by atoms with Crippen molar-refractivity contribution in [2.75, 3.05) is 19.6 Å². The van der Waals surface area contributed by atoms with Crippen LogP contribution in [0, 0.1) is 5.92 Å². The normalized spacial score (nSPS) is 24.6. The zero-order valence-electron chi connectivity index (χ0n) is 11.9. The van der Waals surface area contributed by atoms with E-state index in [1.54, 1.807) is 9.80 Å². The second-order valence-corrected chi connectivity index (χ2v) is 5.66. The summed E-state index contributed by atoms with van der Waals surface area (Å²) in [6.07, 6.45) is 3.57. The Balaban J connectivity index is 1.97. The molecule has 112 valence electrons. The summed E-state index contributed by atoms with van der Waals surface area (Å²) in [5, 5.41) is 9.22. The van der Waals surface area contributed by atoms with Gasteiger partial charge in [0.15, 0.2) is 0 Å². The molecule has 2 saturated heterocycles. The number of hydrogen-bond acceptors (Lipinski definition) is 3. The van der Waals surface area contributed by atoms with Crippen molar-refractivity contribution in [1.29, 1.82) is 0 Å². The molecule has 2 fully saturated rings. The molecule has 0 aromatic carbocycles. The highest BCUT2D eigenvalue weighted by Gasteiger charge is 2.36. The van der Waals surface area contributed by atoms with E-state index >= 15 is 0 Å². The highest BCUT2D eigenvalue weighted by Crippen LogP contribution is 2.25. The van der Waals surface area contributed by atoms with Gasteiger partial charge in [-0.05, 0) is 32.1 Å². The Bertz CT molecular complexity index is 402. The summed E-state index contributed by atoms with van der Waals surface area (Å²) in [5.74, 6) is -1.04. The zero-order chi connectivity index (χ0) is 14.7. The maximum Gasteiger partial charge on any atom is 0.326 e. The number of amides is 2. The monoisotopic (exact) mass is 282 g/mol. The number of piperidine rings is 2. The van der Waals surface area contributed by atoms with Gasteiger partial charge in [0.2, 0.25) is 11.8 Å². The first kappa shape index (κ1) is 14.8. The molecule has 2 heterocycles. The lowest BCUT2D eigenvalue weighted by atomic mass is 9.92. The number of nitrogens with zero attached hydrogens (tertiary/aromatic N) is 2. The van der Waals surface area contributed by atoms with Gasteiger partial charge < -0.3 is 14.9 Å². The van der Waals surface area contributed by atoms with E-state index in [4.69, 9.17) is 0 Å². The largest absolute Gasteiger partial charge is 0.480 e. The van der Waals surface area contributed by atoms with Gasteiger partial charge in [0, 0.05) is 32.5 Å². The first-order valence-electron chi connectivity index (χ1n) is 7.29. The van der Waals surface area contributed by atoms with E-state index in [0.717, 1.165) is 12.8 Å². The number of carbonyl (C=O) groups excluding carboxylic acids is 2. The third-order valence-corrected chi connectivity index (χ3v) is 4.36. The minimum Gasteiger partial charge on any atom is -0.480 e. The molecule has 2 rings (SSSR count). The van der Waals surface area contributed by atoms with E-state index in [-0.39, 0.29) is 17.7 Å². The smallest absolute Gasteiger partial charge is 0.326 e. The van der Waals surface area contributed by atoms with Crippen LogP contribution in [0.15, 0.2) is 0 Å². The summed E-state index contributed by atoms with van der Waals surface area (Å²) in [4.78, 5) is 38.3. The van der Waals surface area contributed by atoms with Gasteiger partial charge in [-0.1, -0.05) is 0 Å². The van der Waals surface area contributed by atoms with E-state index in [1.807, 2.05) is 0 Å². The molecule has 0 saturated carbocycles. The molecule has 6 nitrogen and oxygen atoms in total. The Hall–Kier alpha value is -1.59. The third-order valence-electron chi connectivity index (χ3n) is 4.36. The maximum absolute atomic E-state index is 12.5. The van der Waals surface area contributed by atoms with Crippen molar-refractivity contribution in [3.63, 3.8) is 0 Å². The molecule has 2 amide bonds. The summed E-state index contributed by atoms with van der Waals surface area (Å²) < 4.78 is 0. The van der Waals surface area contributed by atoms with E-state index in [0.29, 0.717) is 38.9 Å². The average molecular weight is 282 g/mol. The van der Waals surface area contributed by atoms with Crippen molar-refractivity contribution >= 4 is 17.8 Å². The highest BCUT2D eigenvalue weighted by atomic mass is 16.4. The molecule has 0 aliphatic carbocycles. The lowest BCUT2D eigenvalue weighted by Crippen LogP contribution is -2.51. The second-order valence-electron chi connectivity index (χ2n) is 5.66. The van der Waals surface area contributed by atoms with Crippen LogP contribution in [-0.4, -0.2) is 58.4 Å². The summed E-state index contributed by atoms with van der Waals surface area (Å²) in [7, 11) is 0. The summed E-state index contributed by atoms with van der Waals surface area (Å²) >= 11 is 0. The fraction of sp³-hybridized carbons (Fsp3) is 0.786. The maximum atomic E-state index is 12.5. The second kappa shape index (κ2) is 6.24. The Morgan fingerprint density at radius 1 is 1.00 bits per heavy atom. The Labute approximate surface area is 118 Å². The molecule has 20 heavy (non-hydrogen) atoms. The Kier molecular flexibility index (Phi) is 4.62. The van der Waals surface area contributed by atoms with E-state index < -0.39 is 12.0 Å². The van der Waals surface area contributed by atoms with Crippen LogP contribution in [0.25, 0.3) is 0 Å². The average Bonchev–Trinajstić information content (AvgIpc) is 2.46. The van der Waals surface area contributed by atoms with Crippen LogP contribution in [0.1, 0.15) is 39.0 Å². The molecule has 6 heteroatoms. The van der Waals surface area contributed by atoms with Gasteiger partial charge in [0.05, 0.1) is 0 Å². The molecule has 0 spiro atoms. The molecule has 0 radical (unpaired) electrons. The fourth-order valence-electron chi connectivity index (χ4n) is 3.13. The Morgan fingerprint density at radius 2 is 1.65 bits per heavy atom. The van der Waals surface area contributed by atoms with Crippen LogP contribution < -0.4 is 0 Å². The lowest BCUT2D eigenvalue weighted by molar-refractivity contribution is -0.155. The van der Waals surface area contributed by atoms with Crippen molar-refractivity contribution in [3.05, 3.63) is 0 Å². The summed E-state index contributed by atoms with van der Waals surface area (Å²) in [6.45, 7) is 3.27.